The van der Waals surface area contributed by atoms with Crippen LogP contribution in [-0.4, -0.2) is 6.04 Å². The van der Waals surface area contributed by atoms with Gasteiger partial charge in [0.15, 0.2) is 0 Å². The molecule has 2 nitrogen and oxygen atoms in total. The van der Waals surface area contributed by atoms with Crippen LogP contribution < -0.4 is 9.80 Å². The van der Waals surface area contributed by atoms with E-state index < -0.39 is 0 Å². The molecule has 0 amide bonds. The van der Waals surface area contributed by atoms with Crippen molar-refractivity contribution >= 4 is 28.3 Å². The quantitative estimate of drug-likeness (QED) is 0.330. The molecule has 0 spiro atoms. The normalized spacial score (nSPS) is 23.3. The third-order valence-corrected chi connectivity index (χ3v) is 9.76. The zero-order chi connectivity index (χ0) is 27.6. The molecule has 8 rings (SSSR count). The Morgan fingerprint density at radius 2 is 1.56 bits per heavy atom. The number of anilines is 4. The fourth-order valence-corrected chi connectivity index (χ4v) is 7.88. The van der Waals surface area contributed by atoms with E-state index >= 15 is 0 Å². The van der Waals surface area contributed by atoms with Crippen LogP contribution in [0.4, 0.5) is 22.7 Å². The Bertz CT molecular complexity index is 1710. The van der Waals surface area contributed by atoms with Crippen LogP contribution >= 0.6 is 0 Å². The summed E-state index contributed by atoms with van der Waals surface area (Å²) >= 11 is 0. The summed E-state index contributed by atoms with van der Waals surface area (Å²) in [5.41, 5.74) is 13.7. The molecule has 5 aliphatic rings. The number of hydrogen-bond donors (Lipinski definition) is 0. The van der Waals surface area contributed by atoms with Crippen LogP contribution in [0.5, 0.6) is 0 Å². The summed E-state index contributed by atoms with van der Waals surface area (Å²) in [7, 11) is 0. The second kappa shape index (κ2) is 9.38. The minimum atomic E-state index is 0.0655. The van der Waals surface area contributed by atoms with Crippen molar-refractivity contribution in [1.29, 1.82) is 0 Å². The molecular weight excluding hydrogens is 496 g/mol. The molecule has 4 aliphatic carbocycles. The number of para-hydroxylation sites is 2. The topological polar surface area (TPSA) is 6.48 Å². The average molecular weight is 533 g/mol. The first-order valence-corrected chi connectivity index (χ1v) is 15.1. The molecule has 2 atom stereocenters. The summed E-state index contributed by atoms with van der Waals surface area (Å²) in [5, 5.41) is 0. The zero-order valence-corrected chi connectivity index (χ0v) is 23.9. The Hall–Kier alpha value is -4.30. The molecule has 0 radical (unpaired) electrons. The van der Waals surface area contributed by atoms with Gasteiger partial charge in [-0.25, -0.2) is 0 Å². The van der Waals surface area contributed by atoms with Gasteiger partial charge < -0.3 is 9.80 Å². The molecule has 3 aromatic carbocycles. The van der Waals surface area contributed by atoms with Crippen molar-refractivity contribution in [3.8, 4) is 0 Å². The highest BCUT2D eigenvalue weighted by molar-refractivity contribution is 5.95. The standard InChI is InChI=1S/C39H36N2/c1-39(2)35-19-11-9-17-31(35)32-23-21-29(25-36(32)39)40(27-13-5-3-6-14-27)30-22-24-34-33-18-10-12-20-37(33)41(38(34)26-30)28-15-7-4-8-16-28/h3-8,10,12-19,21-22,24-26,32,37H,9,11,20,23H2,1-2H3. The minimum Gasteiger partial charge on any atom is -0.333 e. The van der Waals surface area contributed by atoms with E-state index in [0.717, 1.165) is 12.8 Å². The van der Waals surface area contributed by atoms with Crippen molar-refractivity contribution in [2.75, 3.05) is 9.80 Å². The van der Waals surface area contributed by atoms with Gasteiger partial charge in [0.25, 0.3) is 0 Å². The fraction of sp³-hybridized carbons (Fsp3) is 0.231. The van der Waals surface area contributed by atoms with Gasteiger partial charge in [0.1, 0.15) is 0 Å². The van der Waals surface area contributed by atoms with Crippen molar-refractivity contribution in [3.05, 3.63) is 149 Å². The molecule has 202 valence electrons. The molecule has 0 N–H and O–H groups in total. The monoisotopic (exact) mass is 532 g/mol. The molecule has 1 heterocycles. The average Bonchev–Trinajstić information content (AvgIpc) is 3.47. The Labute approximate surface area is 244 Å². The molecule has 2 unspecified atom stereocenters. The lowest BCUT2D eigenvalue weighted by Crippen LogP contribution is -2.27. The maximum Gasteiger partial charge on any atom is 0.0632 e. The van der Waals surface area contributed by atoms with Gasteiger partial charge in [-0.2, -0.15) is 0 Å². The van der Waals surface area contributed by atoms with E-state index in [1.165, 1.54) is 52.4 Å². The first-order chi connectivity index (χ1) is 20.1. The predicted octanol–water partition coefficient (Wildman–Crippen LogP) is 10.2. The molecule has 1 saturated carbocycles. The Kier molecular flexibility index (Phi) is 5.60. The van der Waals surface area contributed by atoms with Crippen molar-refractivity contribution in [2.45, 2.75) is 45.6 Å². The Balaban J connectivity index is 1.27. The highest BCUT2D eigenvalue weighted by Gasteiger charge is 2.45. The number of fused-ring (bicyclic) bond motifs is 6. The molecule has 0 bridgehead atoms. The molecule has 1 aliphatic heterocycles. The van der Waals surface area contributed by atoms with Gasteiger partial charge >= 0.3 is 0 Å². The van der Waals surface area contributed by atoms with Gasteiger partial charge in [0, 0.05) is 39.7 Å². The van der Waals surface area contributed by atoms with Gasteiger partial charge in [-0.15, -0.1) is 0 Å². The van der Waals surface area contributed by atoms with Crippen molar-refractivity contribution in [1.82, 2.24) is 0 Å². The van der Waals surface area contributed by atoms with Gasteiger partial charge in [-0.05, 0) is 84.9 Å². The van der Waals surface area contributed by atoms with E-state index in [1.807, 2.05) is 0 Å². The van der Waals surface area contributed by atoms with Crippen LogP contribution in [0.25, 0.3) is 5.57 Å². The van der Waals surface area contributed by atoms with Crippen molar-refractivity contribution < 1.29 is 0 Å². The van der Waals surface area contributed by atoms with Crippen LogP contribution in [0.1, 0.15) is 45.1 Å². The van der Waals surface area contributed by atoms with Gasteiger partial charge in [0.05, 0.1) is 11.7 Å². The number of hydrogen-bond acceptors (Lipinski definition) is 2. The summed E-state index contributed by atoms with van der Waals surface area (Å²) in [6.07, 6.45) is 21.2. The SMILES string of the molecule is CC1(C)C2=CCCC=C2C2CC=C(N(c3ccccc3)c3ccc4c(c3)N(c3ccccc3)C3CC=CC=C43)C=C21. The van der Waals surface area contributed by atoms with Crippen molar-refractivity contribution in [3.63, 3.8) is 0 Å². The van der Waals surface area contributed by atoms with Crippen LogP contribution in [0.15, 0.2) is 144 Å². The maximum atomic E-state index is 2.55. The van der Waals surface area contributed by atoms with Gasteiger partial charge in [0.2, 0.25) is 0 Å². The number of benzene rings is 3. The van der Waals surface area contributed by atoms with E-state index in [9.17, 15) is 0 Å². The molecular formula is C39H36N2. The second-order valence-electron chi connectivity index (χ2n) is 12.4. The summed E-state index contributed by atoms with van der Waals surface area (Å²) in [6.45, 7) is 4.85. The Morgan fingerprint density at radius 3 is 2.39 bits per heavy atom. The van der Waals surface area contributed by atoms with E-state index in [4.69, 9.17) is 0 Å². The molecule has 0 aromatic heterocycles. The lowest BCUT2D eigenvalue weighted by Gasteiger charge is -2.33. The third kappa shape index (κ3) is 3.77. The van der Waals surface area contributed by atoms with E-state index in [-0.39, 0.29) is 5.41 Å². The summed E-state index contributed by atoms with van der Waals surface area (Å²) in [5.74, 6) is 0.508. The highest BCUT2D eigenvalue weighted by Crippen LogP contribution is 2.58. The highest BCUT2D eigenvalue weighted by atomic mass is 15.2. The van der Waals surface area contributed by atoms with E-state index in [0.29, 0.717) is 12.0 Å². The van der Waals surface area contributed by atoms with E-state index in [2.05, 4.69) is 145 Å². The van der Waals surface area contributed by atoms with Gasteiger partial charge in [-0.3, -0.25) is 0 Å². The van der Waals surface area contributed by atoms with Crippen molar-refractivity contribution in [2.24, 2.45) is 11.3 Å². The molecule has 2 heteroatoms. The lowest BCUT2D eigenvalue weighted by atomic mass is 9.79. The Morgan fingerprint density at radius 1 is 0.780 bits per heavy atom. The molecule has 41 heavy (non-hydrogen) atoms. The summed E-state index contributed by atoms with van der Waals surface area (Å²) in [4.78, 5) is 5.02. The smallest absolute Gasteiger partial charge is 0.0632 e. The number of rotatable bonds is 4. The van der Waals surface area contributed by atoms with Crippen LogP contribution in [0.3, 0.4) is 0 Å². The molecule has 3 aromatic rings. The fourth-order valence-electron chi connectivity index (χ4n) is 7.88. The van der Waals surface area contributed by atoms with E-state index in [1.54, 1.807) is 16.7 Å². The maximum absolute atomic E-state index is 2.55. The molecule has 0 saturated heterocycles. The largest absolute Gasteiger partial charge is 0.333 e. The minimum absolute atomic E-state index is 0.0655. The summed E-state index contributed by atoms with van der Waals surface area (Å²) in [6, 6.07) is 29.2. The first-order valence-electron chi connectivity index (χ1n) is 15.1. The number of allylic oxidation sites excluding steroid dienone is 9. The first kappa shape index (κ1) is 24.5. The number of nitrogens with zero attached hydrogens (tertiary/aromatic N) is 2. The molecule has 1 fully saturated rings. The van der Waals surface area contributed by atoms with Crippen LogP contribution in [-0.2, 0) is 0 Å². The van der Waals surface area contributed by atoms with Crippen LogP contribution in [0.2, 0.25) is 0 Å². The summed E-state index contributed by atoms with van der Waals surface area (Å²) < 4.78 is 0. The predicted molar refractivity (Wildman–Crippen MR) is 173 cm³/mol. The zero-order valence-electron chi connectivity index (χ0n) is 23.9. The second-order valence-corrected chi connectivity index (χ2v) is 12.4. The lowest BCUT2D eigenvalue weighted by molar-refractivity contribution is 0.540. The van der Waals surface area contributed by atoms with Gasteiger partial charge in [-0.1, -0.05) is 98.3 Å². The third-order valence-electron chi connectivity index (χ3n) is 9.76. The van der Waals surface area contributed by atoms with Crippen LogP contribution in [0, 0.1) is 11.3 Å².